The summed E-state index contributed by atoms with van der Waals surface area (Å²) in [7, 11) is 0. The van der Waals surface area contributed by atoms with Crippen molar-refractivity contribution in [1.29, 1.82) is 0 Å². The van der Waals surface area contributed by atoms with Crippen molar-refractivity contribution in [1.82, 2.24) is 0 Å². The first-order chi connectivity index (χ1) is 13.0. The summed E-state index contributed by atoms with van der Waals surface area (Å²) in [5.74, 6) is 0.683. The van der Waals surface area contributed by atoms with Crippen LogP contribution in [0.2, 0.25) is 0 Å². The van der Waals surface area contributed by atoms with Crippen LogP contribution in [0.1, 0.15) is 11.1 Å². The van der Waals surface area contributed by atoms with Crippen LogP contribution >= 0.6 is 0 Å². The highest BCUT2D eigenvalue weighted by Crippen LogP contribution is 2.32. The van der Waals surface area contributed by atoms with Crippen molar-refractivity contribution < 1.29 is 19.4 Å². The van der Waals surface area contributed by atoms with E-state index in [-0.39, 0.29) is 17.1 Å². The summed E-state index contributed by atoms with van der Waals surface area (Å²) in [5, 5.41) is 21.6. The molecule has 134 valence electrons. The van der Waals surface area contributed by atoms with E-state index in [0.29, 0.717) is 28.7 Å². The normalized spacial score (nSPS) is 14.7. The van der Waals surface area contributed by atoms with E-state index in [9.17, 15) is 25.0 Å². The number of nitro groups is 2. The molecule has 2 aromatic rings. The fourth-order valence-electron chi connectivity index (χ4n) is 2.50. The van der Waals surface area contributed by atoms with Gasteiger partial charge in [0.05, 0.1) is 9.85 Å². The third-order valence-corrected chi connectivity index (χ3v) is 3.82. The topological polar surface area (TPSA) is 113 Å². The van der Waals surface area contributed by atoms with Crippen molar-refractivity contribution >= 4 is 29.0 Å². The van der Waals surface area contributed by atoms with Gasteiger partial charge in [-0.15, -0.1) is 0 Å². The third kappa shape index (κ3) is 3.96. The van der Waals surface area contributed by atoms with Crippen LogP contribution < -0.4 is 0 Å². The number of rotatable bonds is 5. The molecular formula is C19H12N2O6. The summed E-state index contributed by atoms with van der Waals surface area (Å²) in [4.78, 5) is 31.4. The Hall–Kier alpha value is -4.07. The summed E-state index contributed by atoms with van der Waals surface area (Å²) < 4.78 is 5.66. The molecule has 0 unspecified atom stereocenters. The standard InChI is InChI=1S/C19H12N2O6/c22-10-9-18-11-15(13-1-5-16(6-2-13)20(23)24)12-19(27-18)14-3-7-17(8-4-14)21(25)26/h1-12H/b18-9+. The quantitative estimate of drug-likeness (QED) is 0.342. The van der Waals surface area contributed by atoms with Crippen molar-refractivity contribution in [2.45, 2.75) is 0 Å². The minimum absolute atomic E-state index is 0.0327. The van der Waals surface area contributed by atoms with Gasteiger partial charge >= 0.3 is 0 Å². The Bertz CT molecular complexity index is 1000. The van der Waals surface area contributed by atoms with Crippen molar-refractivity contribution in [3.63, 3.8) is 0 Å². The number of carbonyl (C=O) groups excluding carboxylic acids is 1. The Kier molecular flexibility index (Phi) is 4.89. The van der Waals surface area contributed by atoms with E-state index < -0.39 is 9.85 Å². The highest BCUT2D eigenvalue weighted by atomic mass is 16.6. The van der Waals surface area contributed by atoms with Crippen LogP contribution in [0, 0.1) is 20.2 Å². The number of non-ortho nitro benzene ring substituents is 2. The maximum absolute atomic E-state index is 10.8. The average Bonchev–Trinajstić information content (AvgIpc) is 2.68. The van der Waals surface area contributed by atoms with Gasteiger partial charge in [0.2, 0.25) is 0 Å². The number of nitro benzene ring substituents is 2. The molecule has 1 aliphatic rings. The molecule has 0 aromatic heterocycles. The van der Waals surface area contributed by atoms with Crippen molar-refractivity contribution in [2.75, 3.05) is 0 Å². The number of allylic oxidation sites excluding steroid dienone is 4. The van der Waals surface area contributed by atoms with E-state index in [1.807, 2.05) is 0 Å². The van der Waals surface area contributed by atoms with E-state index in [4.69, 9.17) is 4.74 Å². The lowest BCUT2D eigenvalue weighted by molar-refractivity contribution is -0.385. The number of aldehydes is 1. The van der Waals surface area contributed by atoms with Crippen LogP contribution in [0.4, 0.5) is 11.4 Å². The summed E-state index contributed by atoms with van der Waals surface area (Å²) in [6.45, 7) is 0. The molecule has 0 N–H and O–H groups in total. The smallest absolute Gasteiger partial charge is 0.269 e. The van der Waals surface area contributed by atoms with Gasteiger partial charge in [0.15, 0.2) is 0 Å². The van der Waals surface area contributed by atoms with Gasteiger partial charge in [-0.2, -0.15) is 0 Å². The van der Waals surface area contributed by atoms with Gasteiger partial charge in [0.25, 0.3) is 11.4 Å². The molecular weight excluding hydrogens is 352 g/mol. The Morgan fingerprint density at radius 2 is 1.30 bits per heavy atom. The first-order valence-electron chi connectivity index (χ1n) is 7.74. The molecule has 27 heavy (non-hydrogen) atoms. The molecule has 8 heteroatoms. The third-order valence-electron chi connectivity index (χ3n) is 3.82. The van der Waals surface area contributed by atoms with Crippen LogP contribution in [0.5, 0.6) is 0 Å². The van der Waals surface area contributed by atoms with E-state index in [2.05, 4.69) is 0 Å². The van der Waals surface area contributed by atoms with Gasteiger partial charge in [-0.05, 0) is 47.6 Å². The molecule has 0 fully saturated rings. The molecule has 0 amide bonds. The van der Waals surface area contributed by atoms with Gasteiger partial charge in [-0.1, -0.05) is 0 Å². The monoisotopic (exact) mass is 364 g/mol. The van der Waals surface area contributed by atoms with Gasteiger partial charge in [-0.25, -0.2) is 0 Å². The molecule has 3 rings (SSSR count). The molecule has 8 nitrogen and oxygen atoms in total. The summed E-state index contributed by atoms with van der Waals surface area (Å²) in [6.07, 6.45) is 5.15. The fourth-order valence-corrected chi connectivity index (χ4v) is 2.50. The Labute approximate surface area is 153 Å². The fraction of sp³-hybridized carbons (Fsp3) is 0. The first kappa shape index (κ1) is 17.7. The van der Waals surface area contributed by atoms with E-state index in [0.717, 1.165) is 0 Å². The van der Waals surface area contributed by atoms with Gasteiger partial charge in [0.1, 0.15) is 17.8 Å². The zero-order valence-electron chi connectivity index (χ0n) is 13.8. The number of hydrogen-bond acceptors (Lipinski definition) is 6. The average molecular weight is 364 g/mol. The zero-order valence-corrected chi connectivity index (χ0v) is 13.8. The molecule has 1 aliphatic heterocycles. The number of nitrogens with zero attached hydrogens (tertiary/aromatic N) is 2. The summed E-state index contributed by atoms with van der Waals surface area (Å²) in [6, 6.07) is 11.7. The molecule has 0 spiro atoms. The van der Waals surface area contributed by atoms with Crippen LogP contribution in [0.15, 0.2) is 72.5 Å². The van der Waals surface area contributed by atoms with Crippen LogP contribution in [0.3, 0.4) is 0 Å². The minimum Gasteiger partial charge on any atom is -0.457 e. The molecule has 0 atom stereocenters. The highest BCUT2D eigenvalue weighted by Gasteiger charge is 2.16. The predicted molar refractivity (Wildman–Crippen MR) is 97.4 cm³/mol. The van der Waals surface area contributed by atoms with Gasteiger partial charge in [-0.3, -0.25) is 25.0 Å². The number of benzene rings is 2. The maximum atomic E-state index is 10.8. The number of hydrogen-bond donors (Lipinski definition) is 0. The molecule has 0 saturated carbocycles. The van der Waals surface area contributed by atoms with Crippen molar-refractivity contribution in [2.24, 2.45) is 0 Å². The maximum Gasteiger partial charge on any atom is 0.269 e. The summed E-state index contributed by atoms with van der Waals surface area (Å²) in [5.41, 5.74) is 1.88. The van der Waals surface area contributed by atoms with Gasteiger partial charge < -0.3 is 4.74 Å². The van der Waals surface area contributed by atoms with Crippen LogP contribution in [-0.4, -0.2) is 16.1 Å². The highest BCUT2D eigenvalue weighted by molar-refractivity contribution is 5.86. The van der Waals surface area contributed by atoms with Crippen molar-refractivity contribution in [3.8, 4) is 0 Å². The SMILES string of the molecule is O=C/C=C1\C=C(c2ccc([N+](=O)[O-])cc2)C=C(c2ccc([N+](=O)[O-])cc2)O1. The summed E-state index contributed by atoms with van der Waals surface area (Å²) >= 11 is 0. The second kappa shape index (κ2) is 7.44. The minimum atomic E-state index is -0.500. The second-order valence-electron chi connectivity index (χ2n) is 5.52. The largest absolute Gasteiger partial charge is 0.457 e. The predicted octanol–water partition coefficient (Wildman–Crippen LogP) is 4.04. The molecule has 0 saturated heterocycles. The van der Waals surface area contributed by atoms with E-state index >= 15 is 0 Å². The number of carbonyl (C=O) groups is 1. The Balaban J connectivity index is 2.00. The zero-order chi connectivity index (χ0) is 19.4. The first-order valence-corrected chi connectivity index (χ1v) is 7.74. The number of ether oxygens (including phenoxy) is 1. The van der Waals surface area contributed by atoms with Gasteiger partial charge in [0, 0.05) is 35.9 Å². The van der Waals surface area contributed by atoms with Crippen LogP contribution in [-0.2, 0) is 9.53 Å². The van der Waals surface area contributed by atoms with Crippen LogP contribution in [0.25, 0.3) is 11.3 Å². The lowest BCUT2D eigenvalue weighted by Crippen LogP contribution is -2.00. The molecule has 0 radical (unpaired) electrons. The second-order valence-corrected chi connectivity index (χ2v) is 5.52. The Morgan fingerprint density at radius 1 is 0.778 bits per heavy atom. The molecule has 0 bridgehead atoms. The van der Waals surface area contributed by atoms with E-state index in [1.54, 1.807) is 36.4 Å². The molecule has 0 aliphatic carbocycles. The van der Waals surface area contributed by atoms with E-state index in [1.165, 1.54) is 30.3 Å². The molecule has 2 aromatic carbocycles. The van der Waals surface area contributed by atoms with Crippen molar-refractivity contribution in [3.05, 3.63) is 104 Å². The lowest BCUT2D eigenvalue weighted by atomic mass is 10.00. The Morgan fingerprint density at radius 3 is 1.78 bits per heavy atom. The lowest BCUT2D eigenvalue weighted by Gasteiger charge is -2.18. The molecule has 1 heterocycles.